The molecule has 1 amide bonds. The monoisotopic (exact) mass is 400 g/mol. The largest absolute Gasteiger partial charge is 0.486 e. The molecule has 0 fully saturated rings. The quantitative estimate of drug-likeness (QED) is 0.679. The molecule has 1 aliphatic rings. The van der Waals surface area contributed by atoms with E-state index in [2.05, 4.69) is 5.32 Å². The Balaban J connectivity index is 1.67. The minimum Gasteiger partial charge on any atom is -0.486 e. The van der Waals surface area contributed by atoms with Crippen LogP contribution < -0.4 is 14.8 Å². The fourth-order valence-corrected chi connectivity index (χ4v) is 3.55. The first-order valence-corrected chi connectivity index (χ1v) is 9.18. The highest BCUT2D eigenvalue weighted by atomic mass is 35.5. The van der Waals surface area contributed by atoms with Gasteiger partial charge in [-0.1, -0.05) is 23.7 Å². The van der Waals surface area contributed by atoms with Gasteiger partial charge in [0.15, 0.2) is 11.5 Å². The molecule has 2 aromatic carbocycles. The molecule has 2 heterocycles. The highest BCUT2D eigenvalue weighted by Gasteiger charge is 2.21. The Bertz CT molecular complexity index is 1080. The lowest BCUT2D eigenvalue weighted by Gasteiger charge is -2.20. The van der Waals surface area contributed by atoms with E-state index in [0.717, 1.165) is 5.69 Å². The summed E-state index contributed by atoms with van der Waals surface area (Å²) < 4.78 is 27.0. The molecule has 0 saturated heterocycles. The van der Waals surface area contributed by atoms with Gasteiger partial charge in [0.25, 0.3) is 5.91 Å². The standard InChI is InChI=1S/C21H18ClFN2O3/c1-12-9-14(13(2)25(12)18-6-4-3-5-16(18)23)21(26)24-17-11-20-19(10-15(17)22)27-7-8-28-20/h3-6,9-11H,7-8H2,1-2H3,(H,24,26). The maximum absolute atomic E-state index is 14.2. The predicted molar refractivity (Wildman–Crippen MR) is 106 cm³/mol. The van der Waals surface area contributed by atoms with Crippen LogP contribution in [0, 0.1) is 19.7 Å². The van der Waals surface area contributed by atoms with Crippen molar-refractivity contribution in [3.8, 4) is 17.2 Å². The average molecular weight is 401 g/mol. The molecule has 1 N–H and O–H groups in total. The number of ether oxygens (including phenoxy) is 2. The summed E-state index contributed by atoms with van der Waals surface area (Å²) in [6, 6.07) is 11.4. The third-order valence-corrected chi connectivity index (χ3v) is 4.96. The van der Waals surface area contributed by atoms with Crippen molar-refractivity contribution < 1.29 is 18.7 Å². The summed E-state index contributed by atoms with van der Waals surface area (Å²) in [7, 11) is 0. The van der Waals surface area contributed by atoms with Gasteiger partial charge in [-0.2, -0.15) is 0 Å². The number of aryl methyl sites for hydroxylation is 1. The molecule has 5 nitrogen and oxygen atoms in total. The predicted octanol–water partition coefficient (Wildman–Crippen LogP) is 4.91. The Labute approximate surface area is 166 Å². The van der Waals surface area contributed by atoms with E-state index < -0.39 is 0 Å². The number of para-hydroxylation sites is 1. The van der Waals surface area contributed by atoms with Crippen molar-refractivity contribution in [2.75, 3.05) is 18.5 Å². The molecule has 0 radical (unpaired) electrons. The molecule has 144 valence electrons. The molecule has 3 aromatic rings. The van der Waals surface area contributed by atoms with E-state index in [1.54, 1.807) is 47.9 Å². The third kappa shape index (κ3) is 3.20. The van der Waals surface area contributed by atoms with Gasteiger partial charge in [-0.15, -0.1) is 0 Å². The fourth-order valence-electron chi connectivity index (χ4n) is 3.35. The molecule has 0 aliphatic carbocycles. The molecule has 0 spiro atoms. The molecule has 0 saturated carbocycles. The van der Waals surface area contributed by atoms with Crippen LogP contribution in [-0.4, -0.2) is 23.7 Å². The topological polar surface area (TPSA) is 52.5 Å². The Morgan fingerprint density at radius 2 is 1.79 bits per heavy atom. The zero-order valence-electron chi connectivity index (χ0n) is 15.4. The van der Waals surface area contributed by atoms with Crippen LogP contribution in [0.25, 0.3) is 5.69 Å². The van der Waals surface area contributed by atoms with Gasteiger partial charge < -0.3 is 19.4 Å². The summed E-state index contributed by atoms with van der Waals surface area (Å²) in [6.07, 6.45) is 0. The van der Waals surface area contributed by atoms with Crippen molar-refractivity contribution in [2.45, 2.75) is 13.8 Å². The third-order valence-electron chi connectivity index (χ3n) is 4.65. The van der Waals surface area contributed by atoms with Crippen molar-refractivity contribution >= 4 is 23.2 Å². The van der Waals surface area contributed by atoms with E-state index in [-0.39, 0.29) is 11.7 Å². The summed E-state index contributed by atoms with van der Waals surface area (Å²) >= 11 is 6.28. The van der Waals surface area contributed by atoms with Gasteiger partial charge >= 0.3 is 0 Å². The second-order valence-electron chi connectivity index (χ2n) is 6.50. The highest BCUT2D eigenvalue weighted by Crippen LogP contribution is 2.38. The molecular weight excluding hydrogens is 383 g/mol. The van der Waals surface area contributed by atoms with Crippen LogP contribution in [0.2, 0.25) is 5.02 Å². The normalized spacial score (nSPS) is 12.7. The van der Waals surface area contributed by atoms with Crippen molar-refractivity contribution in [1.82, 2.24) is 4.57 Å². The Morgan fingerprint density at radius 1 is 1.11 bits per heavy atom. The molecule has 1 aliphatic heterocycles. The van der Waals surface area contributed by atoms with E-state index in [1.807, 2.05) is 6.92 Å². The van der Waals surface area contributed by atoms with Crippen molar-refractivity contribution in [3.63, 3.8) is 0 Å². The van der Waals surface area contributed by atoms with Crippen LogP contribution in [0.3, 0.4) is 0 Å². The zero-order chi connectivity index (χ0) is 19.8. The number of carbonyl (C=O) groups is 1. The summed E-state index contributed by atoms with van der Waals surface area (Å²) in [5, 5.41) is 3.16. The summed E-state index contributed by atoms with van der Waals surface area (Å²) in [4.78, 5) is 12.9. The molecule has 7 heteroatoms. The Hall–Kier alpha value is -2.99. The lowest BCUT2D eigenvalue weighted by Crippen LogP contribution is -2.17. The number of anilines is 1. The first-order chi connectivity index (χ1) is 13.5. The van der Waals surface area contributed by atoms with E-state index in [4.69, 9.17) is 21.1 Å². The SMILES string of the molecule is Cc1cc(C(=O)Nc2cc3c(cc2Cl)OCCO3)c(C)n1-c1ccccc1F. The van der Waals surface area contributed by atoms with Gasteiger partial charge in [-0.3, -0.25) is 4.79 Å². The smallest absolute Gasteiger partial charge is 0.257 e. The van der Waals surface area contributed by atoms with Crippen molar-refractivity contribution in [2.24, 2.45) is 0 Å². The van der Waals surface area contributed by atoms with E-state index in [0.29, 0.717) is 52.4 Å². The number of rotatable bonds is 3. The summed E-state index contributed by atoms with van der Waals surface area (Å²) in [6.45, 7) is 4.50. The second-order valence-corrected chi connectivity index (χ2v) is 6.91. The number of hydrogen-bond acceptors (Lipinski definition) is 3. The first kappa shape index (κ1) is 18.4. The number of amides is 1. The summed E-state index contributed by atoms with van der Waals surface area (Å²) in [5.41, 5.74) is 2.64. The number of benzene rings is 2. The van der Waals surface area contributed by atoms with Crippen LogP contribution in [-0.2, 0) is 0 Å². The Kier molecular flexibility index (Phi) is 4.73. The molecule has 1 aromatic heterocycles. The van der Waals surface area contributed by atoms with Crippen LogP contribution in [0.15, 0.2) is 42.5 Å². The molecular formula is C21H18ClFN2O3. The van der Waals surface area contributed by atoms with Gasteiger partial charge in [0.05, 0.1) is 22.0 Å². The highest BCUT2D eigenvalue weighted by molar-refractivity contribution is 6.34. The molecule has 28 heavy (non-hydrogen) atoms. The Morgan fingerprint density at radius 3 is 2.50 bits per heavy atom. The first-order valence-electron chi connectivity index (χ1n) is 8.80. The van der Waals surface area contributed by atoms with E-state index in [9.17, 15) is 9.18 Å². The van der Waals surface area contributed by atoms with Crippen LogP contribution in [0.4, 0.5) is 10.1 Å². The minimum atomic E-state index is -0.355. The lowest BCUT2D eigenvalue weighted by molar-refractivity contribution is 0.102. The maximum Gasteiger partial charge on any atom is 0.257 e. The van der Waals surface area contributed by atoms with Crippen molar-refractivity contribution in [3.05, 3.63) is 70.3 Å². The number of hydrogen-bond donors (Lipinski definition) is 1. The molecule has 0 unspecified atom stereocenters. The van der Waals surface area contributed by atoms with Crippen molar-refractivity contribution in [1.29, 1.82) is 0 Å². The van der Waals surface area contributed by atoms with E-state index >= 15 is 0 Å². The summed E-state index contributed by atoms with van der Waals surface area (Å²) in [5.74, 6) is 0.384. The fraction of sp³-hybridized carbons (Fsp3) is 0.190. The zero-order valence-corrected chi connectivity index (χ0v) is 16.1. The van der Waals surface area contributed by atoms with Gasteiger partial charge in [0, 0.05) is 23.5 Å². The number of aromatic nitrogens is 1. The average Bonchev–Trinajstić information content (AvgIpc) is 2.97. The number of halogens is 2. The second kappa shape index (κ2) is 7.20. The number of nitrogens with zero attached hydrogens (tertiary/aromatic N) is 1. The maximum atomic E-state index is 14.2. The van der Waals surface area contributed by atoms with E-state index in [1.165, 1.54) is 6.07 Å². The van der Waals surface area contributed by atoms with Crippen LogP contribution >= 0.6 is 11.6 Å². The minimum absolute atomic E-state index is 0.339. The molecule has 0 bridgehead atoms. The van der Waals surface area contributed by atoms with Gasteiger partial charge in [0.2, 0.25) is 0 Å². The lowest BCUT2D eigenvalue weighted by atomic mass is 10.2. The number of nitrogens with one attached hydrogen (secondary N) is 1. The van der Waals surface area contributed by atoms with Gasteiger partial charge in [-0.05, 0) is 32.0 Å². The number of fused-ring (bicyclic) bond motifs is 1. The number of carbonyl (C=O) groups excluding carboxylic acids is 1. The molecule has 0 atom stereocenters. The molecule has 4 rings (SSSR count). The van der Waals surface area contributed by atoms with Crippen LogP contribution in [0.5, 0.6) is 11.5 Å². The van der Waals surface area contributed by atoms with Gasteiger partial charge in [-0.25, -0.2) is 4.39 Å². The van der Waals surface area contributed by atoms with Gasteiger partial charge in [0.1, 0.15) is 19.0 Å². The van der Waals surface area contributed by atoms with Crippen LogP contribution in [0.1, 0.15) is 21.7 Å².